The molecular formula is C32H38N8O5. The monoisotopic (exact) mass is 614 g/mol. The summed E-state index contributed by atoms with van der Waals surface area (Å²) in [5.74, 6) is -0.296. The molecule has 0 saturated carbocycles. The molecule has 0 spiro atoms. The van der Waals surface area contributed by atoms with Crippen LogP contribution in [0.4, 0.5) is 0 Å². The van der Waals surface area contributed by atoms with Crippen molar-refractivity contribution in [1.82, 2.24) is 40.3 Å². The molecule has 2 bridgehead atoms. The van der Waals surface area contributed by atoms with Crippen molar-refractivity contribution < 1.29 is 23.9 Å². The maximum absolute atomic E-state index is 14.1. The quantitative estimate of drug-likeness (QED) is 0.429. The number of amides is 4. The van der Waals surface area contributed by atoms with Gasteiger partial charge in [0.25, 0.3) is 0 Å². The molecule has 3 aromatic rings. The predicted molar refractivity (Wildman–Crippen MR) is 162 cm³/mol. The Morgan fingerprint density at radius 3 is 2.67 bits per heavy atom. The van der Waals surface area contributed by atoms with Crippen LogP contribution in [0.2, 0.25) is 0 Å². The Hall–Kier alpha value is -4.78. The van der Waals surface area contributed by atoms with E-state index in [2.05, 4.69) is 20.9 Å². The molecule has 6 rings (SSSR count). The topological polar surface area (TPSA) is 142 Å². The minimum absolute atomic E-state index is 0.0377. The standard InChI is InChI=1S/C32H38N8O5/c41-29-11-6-12-39-20-25(35-36-39)18-33-31(43)27-21-38(30(42)22-37-15-16-45-28-10-5-4-9-24(28)19-37)13-14-40(27)32(44)26(34-29)17-23-7-2-1-3-8-23/h1-5,7-10,20,26-27H,6,11-19,21-22H2,(H,33,43)(H,34,41)/t26-,27+/m0/s1. The molecule has 2 aromatic carbocycles. The Morgan fingerprint density at radius 1 is 0.978 bits per heavy atom. The second-order valence-electron chi connectivity index (χ2n) is 11.7. The van der Waals surface area contributed by atoms with Crippen LogP contribution < -0.4 is 15.4 Å². The average molecular weight is 615 g/mol. The highest BCUT2D eigenvalue weighted by Crippen LogP contribution is 2.23. The largest absolute Gasteiger partial charge is 0.492 e. The first-order valence-corrected chi connectivity index (χ1v) is 15.4. The van der Waals surface area contributed by atoms with Crippen LogP contribution in [0.15, 0.2) is 60.8 Å². The van der Waals surface area contributed by atoms with Gasteiger partial charge in [-0.15, -0.1) is 5.10 Å². The van der Waals surface area contributed by atoms with Crippen molar-refractivity contribution in [3.8, 4) is 5.75 Å². The van der Waals surface area contributed by atoms with Crippen molar-refractivity contribution in [1.29, 1.82) is 0 Å². The molecule has 0 unspecified atom stereocenters. The second kappa shape index (κ2) is 13.9. The van der Waals surface area contributed by atoms with E-state index < -0.39 is 18.0 Å². The van der Waals surface area contributed by atoms with E-state index in [1.165, 1.54) is 4.90 Å². The third-order valence-corrected chi connectivity index (χ3v) is 8.45. The fraction of sp³-hybridized carbons (Fsp3) is 0.438. The number of aromatic nitrogens is 3. The van der Waals surface area contributed by atoms with E-state index in [0.717, 1.165) is 16.9 Å². The fourth-order valence-corrected chi connectivity index (χ4v) is 6.05. The maximum atomic E-state index is 14.1. The second-order valence-corrected chi connectivity index (χ2v) is 11.7. The highest BCUT2D eigenvalue weighted by molar-refractivity contribution is 5.93. The number of rotatable bonds is 4. The maximum Gasteiger partial charge on any atom is 0.246 e. The van der Waals surface area contributed by atoms with Crippen LogP contribution in [0.1, 0.15) is 29.7 Å². The minimum atomic E-state index is -0.946. The summed E-state index contributed by atoms with van der Waals surface area (Å²) in [7, 11) is 0. The van der Waals surface area contributed by atoms with Crippen molar-refractivity contribution in [2.45, 2.75) is 51.0 Å². The van der Waals surface area contributed by atoms with Gasteiger partial charge in [-0.2, -0.15) is 0 Å². The van der Waals surface area contributed by atoms with Gasteiger partial charge >= 0.3 is 0 Å². The predicted octanol–water partition coefficient (Wildman–Crippen LogP) is 0.350. The Balaban J connectivity index is 1.21. The Bertz CT molecular complexity index is 1530. The first-order chi connectivity index (χ1) is 21.9. The average Bonchev–Trinajstić information content (AvgIpc) is 3.40. The lowest BCUT2D eigenvalue weighted by Gasteiger charge is -2.42. The summed E-state index contributed by atoms with van der Waals surface area (Å²) >= 11 is 0. The van der Waals surface area contributed by atoms with E-state index in [-0.39, 0.29) is 63.3 Å². The van der Waals surface area contributed by atoms with Crippen LogP contribution in [0.25, 0.3) is 0 Å². The number of hydrogen-bond donors (Lipinski definition) is 2. The molecule has 45 heavy (non-hydrogen) atoms. The van der Waals surface area contributed by atoms with Crippen LogP contribution in [0.3, 0.4) is 0 Å². The number of nitrogens with zero attached hydrogens (tertiary/aromatic N) is 6. The van der Waals surface area contributed by atoms with Crippen LogP contribution in [-0.4, -0.2) is 105 Å². The smallest absolute Gasteiger partial charge is 0.246 e. The molecule has 2 N–H and O–H groups in total. The number of para-hydroxylation sites is 1. The molecule has 0 aliphatic carbocycles. The van der Waals surface area contributed by atoms with Crippen LogP contribution in [0.5, 0.6) is 5.75 Å². The van der Waals surface area contributed by atoms with Crippen molar-refractivity contribution in [3.05, 3.63) is 77.6 Å². The zero-order valence-electron chi connectivity index (χ0n) is 25.1. The molecule has 3 aliphatic heterocycles. The molecule has 13 heteroatoms. The van der Waals surface area contributed by atoms with Gasteiger partial charge in [0.1, 0.15) is 30.1 Å². The van der Waals surface area contributed by atoms with Gasteiger partial charge in [0, 0.05) is 51.1 Å². The summed E-state index contributed by atoms with van der Waals surface area (Å²) in [5, 5.41) is 14.1. The number of hydrogen-bond acceptors (Lipinski definition) is 8. The normalized spacial score (nSPS) is 21.6. The van der Waals surface area contributed by atoms with Gasteiger partial charge in [-0.1, -0.05) is 53.7 Å². The van der Waals surface area contributed by atoms with Gasteiger partial charge in [0.05, 0.1) is 25.8 Å². The van der Waals surface area contributed by atoms with E-state index in [1.807, 2.05) is 59.5 Å². The molecule has 13 nitrogen and oxygen atoms in total. The Labute approximate surface area is 261 Å². The van der Waals surface area contributed by atoms with Crippen LogP contribution in [0, 0.1) is 0 Å². The number of benzene rings is 2. The molecule has 4 amide bonds. The molecule has 4 heterocycles. The first-order valence-electron chi connectivity index (χ1n) is 15.4. The lowest BCUT2D eigenvalue weighted by molar-refractivity contribution is -0.150. The highest BCUT2D eigenvalue weighted by Gasteiger charge is 2.40. The number of piperazine rings is 1. The van der Waals surface area contributed by atoms with Gasteiger partial charge < -0.3 is 25.2 Å². The van der Waals surface area contributed by atoms with E-state index in [0.29, 0.717) is 38.4 Å². The fourth-order valence-electron chi connectivity index (χ4n) is 6.05. The number of carbonyl (C=O) groups is 4. The van der Waals surface area contributed by atoms with Gasteiger partial charge in [0.2, 0.25) is 23.6 Å². The van der Waals surface area contributed by atoms with E-state index in [1.54, 1.807) is 15.8 Å². The van der Waals surface area contributed by atoms with Crippen molar-refractivity contribution >= 4 is 23.6 Å². The number of nitrogens with one attached hydrogen (secondary N) is 2. The van der Waals surface area contributed by atoms with Gasteiger partial charge in [0.15, 0.2) is 0 Å². The first kappa shape index (κ1) is 30.3. The lowest BCUT2D eigenvalue weighted by Crippen LogP contribution is -2.65. The third-order valence-electron chi connectivity index (χ3n) is 8.45. The zero-order chi connectivity index (χ0) is 31.2. The number of ether oxygens (including phenoxy) is 1. The molecule has 236 valence electrons. The zero-order valence-corrected chi connectivity index (χ0v) is 25.1. The van der Waals surface area contributed by atoms with Gasteiger partial charge in [-0.05, 0) is 18.1 Å². The minimum Gasteiger partial charge on any atom is -0.492 e. The third kappa shape index (κ3) is 7.48. The molecule has 1 saturated heterocycles. The summed E-state index contributed by atoms with van der Waals surface area (Å²) < 4.78 is 7.50. The summed E-state index contributed by atoms with van der Waals surface area (Å²) in [4.78, 5) is 59.7. The van der Waals surface area contributed by atoms with Crippen LogP contribution >= 0.6 is 0 Å². The van der Waals surface area contributed by atoms with Gasteiger partial charge in [-0.25, -0.2) is 0 Å². The van der Waals surface area contributed by atoms with Crippen molar-refractivity contribution in [2.24, 2.45) is 0 Å². The van der Waals surface area contributed by atoms with E-state index in [9.17, 15) is 19.2 Å². The Kier molecular flexibility index (Phi) is 9.34. The molecule has 1 aromatic heterocycles. The summed E-state index contributed by atoms with van der Waals surface area (Å²) in [6, 6.07) is 15.5. The van der Waals surface area contributed by atoms with Crippen molar-refractivity contribution in [3.63, 3.8) is 0 Å². The van der Waals surface area contributed by atoms with Crippen molar-refractivity contribution in [2.75, 3.05) is 39.3 Å². The summed E-state index contributed by atoms with van der Waals surface area (Å²) in [6.45, 7) is 2.87. The van der Waals surface area contributed by atoms with Gasteiger partial charge in [-0.3, -0.25) is 28.8 Å². The lowest BCUT2D eigenvalue weighted by atomic mass is 10.0. The molecule has 3 aliphatic rings. The van der Waals surface area contributed by atoms with Crippen LogP contribution in [-0.2, 0) is 45.2 Å². The molecular weight excluding hydrogens is 576 g/mol. The number of carbonyl (C=O) groups excluding carboxylic acids is 4. The highest BCUT2D eigenvalue weighted by atomic mass is 16.5. The number of aryl methyl sites for hydroxylation is 1. The SMILES string of the molecule is O=C1CCCn2cc(nn2)CNC(=O)[C@H]2CN(C(=O)CN3CCOc4ccccc4C3)CCN2C(=O)[C@H](Cc2ccccc2)N1. The number of fused-ring (bicyclic) bond motifs is 4. The molecule has 2 atom stereocenters. The van der Waals surface area contributed by atoms with E-state index in [4.69, 9.17) is 4.74 Å². The summed E-state index contributed by atoms with van der Waals surface area (Å²) in [6.07, 6.45) is 2.75. The molecule has 0 radical (unpaired) electrons. The Morgan fingerprint density at radius 2 is 1.80 bits per heavy atom. The van der Waals surface area contributed by atoms with E-state index >= 15 is 0 Å². The molecule has 1 fully saturated rings. The summed E-state index contributed by atoms with van der Waals surface area (Å²) in [5.41, 5.74) is 2.47.